The molecular formula is C10H11N3O. The molecule has 0 fully saturated rings. The Balaban J connectivity index is 2.29. The first-order chi connectivity index (χ1) is 6.83. The molecule has 1 aliphatic rings. The molecule has 0 saturated heterocycles. The topological polar surface area (TPSA) is 71.1 Å². The van der Waals surface area contributed by atoms with Gasteiger partial charge in [0, 0.05) is 12.6 Å². The maximum Gasteiger partial charge on any atom is 0.143 e. The van der Waals surface area contributed by atoms with Crippen molar-refractivity contribution >= 4 is 5.69 Å². The maximum absolute atomic E-state index is 8.69. The molecule has 1 aliphatic heterocycles. The SMILES string of the molecule is N#Cc1ccc2c(c1)OCC(CN)N2. The zero-order chi connectivity index (χ0) is 9.97. The molecule has 4 heteroatoms. The quantitative estimate of drug-likeness (QED) is 0.681. The molecule has 3 N–H and O–H groups in total. The molecule has 0 bridgehead atoms. The Bertz CT molecular complexity index is 383. The summed E-state index contributed by atoms with van der Waals surface area (Å²) in [7, 11) is 0. The summed E-state index contributed by atoms with van der Waals surface area (Å²) in [5.41, 5.74) is 7.04. The Labute approximate surface area is 82.3 Å². The van der Waals surface area contributed by atoms with Crippen molar-refractivity contribution in [1.82, 2.24) is 0 Å². The zero-order valence-corrected chi connectivity index (χ0v) is 7.66. The summed E-state index contributed by atoms with van der Waals surface area (Å²) < 4.78 is 5.48. The van der Waals surface area contributed by atoms with Gasteiger partial charge in [-0.15, -0.1) is 0 Å². The lowest BCUT2D eigenvalue weighted by atomic mass is 10.1. The van der Waals surface area contributed by atoms with Crippen LogP contribution in [-0.2, 0) is 0 Å². The summed E-state index contributed by atoms with van der Waals surface area (Å²) in [6.07, 6.45) is 0. The Morgan fingerprint density at radius 2 is 2.50 bits per heavy atom. The highest BCUT2D eigenvalue weighted by molar-refractivity contribution is 5.61. The summed E-state index contributed by atoms with van der Waals surface area (Å²) in [6.45, 7) is 1.10. The van der Waals surface area contributed by atoms with Gasteiger partial charge in [-0.3, -0.25) is 0 Å². The summed E-state index contributed by atoms with van der Waals surface area (Å²) in [5, 5.41) is 11.9. The van der Waals surface area contributed by atoms with Gasteiger partial charge in [0.25, 0.3) is 0 Å². The van der Waals surface area contributed by atoms with Crippen LogP contribution in [0.2, 0.25) is 0 Å². The third-order valence-corrected chi connectivity index (χ3v) is 2.19. The van der Waals surface area contributed by atoms with Crippen LogP contribution >= 0.6 is 0 Å². The summed E-state index contributed by atoms with van der Waals surface area (Å²) >= 11 is 0. The van der Waals surface area contributed by atoms with Crippen molar-refractivity contribution < 1.29 is 4.74 Å². The molecule has 1 unspecified atom stereocenters. The van der Waals surface area contributed by atoms with E-state index >= 15 is 0 Å². The lowest BCUT2D eigenvalue weighted by molar-refractivity contribution is 0.286. The van der Waals surface area contributed by atoms with Gasteiger partial charge in [0.15, 0.2) is 0 Å². The standard InChI is InChI=1S/C10H11N3O/c11-4-7-1-2-9-10(3-7)14-6-8(5-12)13-9/h1-3,8,13H,5-6,12H2. The van der Waals surface area contributed by atoms with E-state index in [4.69, 9.17) is 15.7 Å². The van der Waals surface area contributed by atoms with E-state index < -0.39 is 0 Å². The molecule has 0 radical (unpaired) electrons. The minimum Gasteiger partial charge on any atom is -0.489 e. The number of nitrogens with one attached hydrogen (secondary N) is 1. The number of benzene rings is 1. The van der Waals surface area contributed by atoms with Crippen LogP contribution in [0.5, 0.6) is 5.75 Å². The Morgan fingerprint density at radius 1 is 1.64 bits per heavy atom. The maximum atomic E-state index is 8.69. The van der Waals surface area contributed by atoms with E-state index in [2.05, 4.69) is 11.4 Å². The molecule has 2 rings (SSSR count). The van der Waals surface area contributed by atoms with E-state index in [1.807, 2.05) is 6.07 Å². The van der Waals surface area contributed by atoms with Crippen LogP contribution in [0.1, 0.15) is 5.56 Å². The van der Waals surface area contributed by atoms with Gasteiger partial charge >= 0.3 is 0 Å². The molecule has 1 atom stereocenters. The molecule has 72 valence electrons. The number of nitrogens with zero attached hydrogens (tertiary/aromatic N) is 1. The van der Waals surface area contributed by atoms with Crippen molar-refractivity contribution in [2.75, 3.05) is 18.5 Å². The van der Waals surface area contributed by atoms with E-state index in [0.717, 1.165) is 11.4 Å². The fourth-order valence-corrected chi connectivity index (χ4v) is 1.41. The molecule has 0 amide bonds. The molecule has 0 aromatic heterocycles. The Kier molecular flexibility index (Phi) is 2.25. The Hall–Kier alpha value is -1.73. The molecule has 1 heterocycles. The first-order valence-electron chi connectivity index (χ1n) is 4.47. The number of hydrogen-bond acceptors (Lipinski definition) is 4. The first-order valence-corrected chi connectivity index (χ1v) is 4.47. The van der Waals surface area contributed by atoms with Gasteiger partial charge in [-0.25, -0.2) is 0 Å². The number of nitriles is 1. The fourth-order valence-electron chi connectivity index (χ4n) is 1.41. The second kappa shape index (κ2) is 3.56. The van der Waals surface area contributed by atoms with Crippen molar-refractivity contribution in [3.63, 3.8) is 0 Å². The van der Waals surface area contributed by atoms with Crippen LogP contribution < -0.4 is 15.8 Å². The number of hydrogen-bond donors (Lipinski definition) is 2. The van der Waals surface area contributed by atoms with E-state index in [-0.39, 0.29) is 6.04 Å². The highest BCUT2D eigenvalue weighted by Crippen LogP contribution is 2.29. The van der Waals surface area contributed by atoms with Gasteiger partial charge in [0.2, 0.25) is 0 Å². The highest BCUT2D eigenvalue weighted by atomic mass is 16.5. The molecule has 0 spiro atoms. The normalized spacial score (nSPS) is 18.7. The van der Waals surface area contributed by atoms with Gasteiger partial charge in [0.05, 0.1) is 23.4 Å². The van der Waals surface area contributed by atoms with Gasteiger partial charge in [-0.2, -0.15) is 5.26 Å². The monoisotopic (exact) mass is 189 g/mol. The Morgan fingerprint density at radius 3 is 3.21 bits per heavy atom. The van der Waals surface area contributed by atoms with Crippen LogP contribution in [-0.4, -0.2) is 19.2 Å². The van der Waals surface area contributed by atoms with Crippen molar-refractivity contribution in [3.05, 3.63) is 23.8 Å². The average Bonchev–Trinajstić information content (AvgIpc) is 2.27. The van der Waals surface area contributed by atoms with Crippen molar-refractivity contribution in [3.8, 4) is 11.8 Å². The van der Waals surface area contributed by atoms with E-state index in [1.54, 1.807) is 12.1 Å². The minimum atomic E-state index is 0.162. The number of rotatable bonds is 1. The lowest BCUT2D eigenvalue weighted by Crippen LogP contribution is -2.37. The number of ether oxygens (including phenoxy) is 1. The van der Waals surface area contributed by atoms with Crippen LogP contribution in [0.25, 0.3) is 0 Å². The van der Waals surface area contributed by atoms with Crippen LogP contribution in [0.15, 0.2) is 18.2 Å². The van der Waals surface area contributed by atoms with Crippen molar-refractivity contribution in [1.29, 1.82) is 5.26 Å². The second-order valence-electron chi connectivity index (χ2n) is 3.21. The van der Waals surface area contributed by atoms with Gasteiger partial charge in [-0.1, -0.05) is 0 Å². The molecule has 0 aliphatic carbocycles. The molecule has 14 heavy (non-hydrogen) atoms. The predicted molar refractivity (Wildman–Crippen MR) is 53.1 cm³/mol. The number of nitrogens with two attached hydrogens (primary N) is 1. The molecular weight excluding hydrogens is 178 g/mol. The van der Waals surface area contributed by atoms with Crippen molar-refractivity contribution in [2.24, 2.45) is 5.73 Å². The number of fused-ring (bicyclic) bond motifs is 1. The highest BCUT2D eigenvalue weighted by Gasteiger charge is 2.17. The average molecular weight is 189 g/mol. The van der Waals surface area contributed by atoms with Crippen molar-refractivity contribution in [2.45, 2.75) is 6.04 Å². The summed E-state index contributed by atoms with van der Waals surface area (Å²) in [5.74, 6) is 0.730. The summed E-state index contributed by atoms with van der Waals surface area (Å²) in [6, 6.07) is 7.56. The third-order valence-electron chi connectivity index (χ3n) is 2.19. The van der Waals surface area contributed by atoms with Crippen LogP contribution in [0.3, 0.4) is 0 Å². The van der Waals surface area contributed by atoms with Crippen LogP contribution in [0, 0.1) is 11.3 Å². The fraction of sp³-hybridized carbons (Fsp3) is 0.300. The molecule has 1 aromatic carbocycles. The third kappa shape index (κ3) is 1.50. The van der Waals surface area contributed by atoms with Crippen LogP contribution in [0.4, 0.5) is 5.69 Å². The molecule has 4 nitrogen and oxygen atoms in total. The smallest absolute Gasteiger partial charge is 0.143 e. The predicted octanol–water partition coefficient (Wildman–Crippen LogP) is 0.690. The van der Waals surface area contributed by atoms with Gasteiger partial charge in [0.1, 0.15) is 12.4 Å². The zero-order valence-electron chi connectivity index (χ0n) is 7.66. The van der Waals surface area contributed by atoms with E-state index in [9.17, 15) is 0 Å². The minimum absolute atomic E-state index is 0.162. The van der Waals surface area contributed by atoms with Gasteiger partial charge in [-0.05, 0) is 12.1 Å². The number of anilines is 1. The van der Waals surface area contributed by atoms with Gasteiger partial charge < -0.3 is 15.8 Å². The summed E-state index contributed by atoms with van der Waals surface area (Å²) in [4.78, 5) is 0. The molecule has 0 saturated carbocycles. The second-order valence-corrected chi connectivity index (χ2v) is 3.21. The van der Waals surface area contributed by atoms with E-state index in [0.29, 0.717) is 18.7 Å². The first kappa shape index (κ1) is 8.85. The lowest BCUT2D eigenvalue weighted by Gasteiger charge is -2.26. The molecule has 1 aromatic rings. The van der Waals surface area contributed by atoms with E-state index in [1.165, 1.54) is 0 Å². The largest absolute Gasteiger partial charge is 0.489 e.